The van der Waals surface area contributed by atoms with Crippen molar-refractivity contribution in [3.63, 3.8) is 0 Å². The zero-order valence-corrected chi connectivity index (χ0v) is 9.77. The molecular weight excluding hydrogens is 231 g/mol. The van der Waals surface area contributed by atoms with E-state index in [-0.39, 0.29) is 5.82 Å². The van der Waals surface area contributed by atoms with Crippen LogP contribution in [0.15, 0.2) is 42.6 Å². The van der Waals surface area contributed by atoms with E-state index in [1.165, 1.54) is 13.2 Å². The van der Waals surface area contributed by atoms with Gasteiger partial charge in [0.05, 0.1) is 18.8 Å². The Labute approximate surface area is 103 Å². The molecule has 3 rings (SSSR count). The Morgan fingerprint density at radius 1 is 1.17 bits per heavy atom. The zero-order chi connectivity index (χ0) is 12.5. The number of aromatic nitrogens is 2. The Bertz CT molecular complexity index is 706. The van der Waals surface area contributed by atoms with Gasteiger partial charge in [-0.3, -0.25) is 5.10 Å². The summed E-state index contributed by atoms with van der Waals surface area (Å²) >= 11 is 0. The normalized spacial score (nSPS) is 10.8. The molecule has 0 aliphatic carbocycles. The van der Waals surface area contributed by atoms with Gasteiger partial charge >= 0.3 is 0 Å². The van der Waals surface area contributed by atoms with Crippen LogP contribution in [0.1, 0.15) is 0 Å². The highest BCUT2D eigenvalue weighted by atomic mass is 19.1. The van der Waals surface area contributed by atoms with Crippen LogP contribution in [0.3, 0.4) is 0 Å². The summed E-state index contributed by atoms with van der Waals surface area (Å²) in [5, 5.41) is 7.78. The summed E-state index contributed by atoms with van der Waals surface area (Å²) in [6.45, 7) is 0. The number of hydrogen-bond acceptors (Lipinski definition) is 2. The van der Waals surface area contributed by atoms with Crippen LogP contribution in [0, 0.1) is 5.82 Å². The Hall–Kier alpha value is -2.36. The van der Waals surface area contributed by atoms with Crippen molar-refractivity contribution in [1.29, 1.82) is 0 Å². The molecule has 0 fully saturated rings. The predicted octanol–water partition coefficient (Wildman–Crippen LogP) is 3.38. The first-order chi connectivity index (χ1) is 8.78. The summed E-state index contributed by atoms with van der Waals surface area (Å²) in [5.74, 6) is 0.220. The number of nitrogens with zero attached hydrogens (tertiary/aromatic N) is 1. The van der Waals surface area contributed by atoms with Crippen LogP contribution < -0.4 is 4.74 Å². The SMILES string of the molecule is COc1ccc(-c2ccc3[nH]ncc3c2)c(F)c1. The second-order valence-corrected chi connectivity index (χ2v) is 4.02. The van der Waals surface area contributed by atoms with E-state index in [1.807, 2.05) is 18.2 Å². The molecule has 0 amide bonds. The molecule has 0 saturated heterocycles. The van der Waals surface area contributed by atoms with Crippen LogP contribution in [0.4, 0.5) is 4.39 Å². The fourth-order valence-corrected chi connectivity index (χ4v) is 1.97. The van der Waals surface area contributed by atoms with E-state index in [0.717, 1.165) is 16.5 Å². The lowest BCUT2D eigenvalue weighted by Gasteiger charge is -2.06. The van der Waals surface area contributed by atoms with Crippen molar-refractivity contribution in [2.75, 3.05) is 7.11 Å². The topological polar surface area (TPSA) is 37.9 Å². The smallest absolute Gasteiger partial charge is 0.134 e. The van der Waals surface area contributed by atoms with E-state index in [9.17, 15) is 4.39 Å². The minimum absolute atomic E-state index is 0.294. The molecule has 3 aromatic rings. The van der Waals surface area contributed by atoms with Gasteiger partial charge in [-0.2, -0.15) is 5.10 Å². The van der Waals surface area contributed by atoms with E-state index in [4.69, 9.17) is 4.74 Å². The van der Waals surface area contributed by atoms with E-state index >= 15 is 0 Å². The fraction of sp³-hybridized carbons (Fsp3) is 0.0714. The summed E-state index contributed by atoms with van der Waals surface area (Å²) in [6, 6.07) is 10.5. The van der Waals surface area contributed by atoms with Gasteiger partial charge in [0.1, 0.15) is 11.6 Å². The van der Waals surface area contributed by atoms with Crippen molar-refractivity contribution in [1.82, 2.24) is 10.2 Å². The molecule has 0 radical (unpaired) electrons. The molecule has 18 heavy (non-hydrogen) atoms. The molecule has 0 aliphatic heterocycles. The number of ether oxygens (including phenoxy) is 1. The molecule has 3 nitrogen and oxygen atoms in total. The minimum Gasteiger partial charge on any atom is -0.497 e. The third-order valence-electron chi connectivity index (χ3n) is 2.93. The second kappa shape index (κ2) is 4.14. The first-order valence-electron chi connectivity index (χ1n) is 5.55. The maximum Gasteiger partial charge on any atom is 0.134 e. The quantitative estimate of drug-likeness (QED) is 0.748. The Morgan fingerprint density at radius 2 is 2.06 bits per heavy atom. The first-order valence-corrected chi connectivity index (χ1v) is 5.55. The number of fused-ring (bicyclic) bond motifs is 1. The van der Waals surface area contributed by atoms with Crippen LogP contribution in [-0.4, -0.2) is 17.3 Å². The Kier molecular flexibility index (Phi) is 2.48. The summed E-state index contributed by atoms with van der Waals surface area (Å²) in [4.78, 5) is 0. The molecule has 0 unspecified atom stereocenters. The highest BCUT2D eigenvalue weighted by molar-refractivity contribution is 5.84. The third kappa shape index (κ3) is 1.72. The number of halogens is 1. The minimum atomic E-state index is -0.294. The molecular formula is C14H11FN2O. The second-order valence-electron chi connectivity index (χ2n) is 4.02. The van der Waals surface area contributed by atoms with Gasteiger partial charge in [0.2, 0.25) is 0 Å². The van der Waals surface area contributed by atoms with Gasteiger partial charge in [-0.1, -0.05) is 6.07 Å². The monoisotopic (exact) mass is 242 g/mol. The molecule has 90 valence electrons. The van der Waals surface area contributed by atoms with Crippen LogP contribution in [0.5, 0.6) is 5.75 Å². The fourth-order valence-electron chi connectivity index (χ4n) is 1.97. The molecule has 1 aromatic heterocycles. The number of nitrogens with one attached hydrogen (secondary N) is 1. The average molecular weight is 242 g/mol. The highest BCUT2D eigenvalue weighted by Gasteiger charge is 2.07. The molecule has 0 bridgehead atoms. The largest absolute Gasteiger partial charge is 0.497 e. The number of benzene rings is 2. The van der Waals surface area contributed by atoms with Crippen molar-refractivity contribution in [3.8, 4) is 16.9 Å². The summed E-state index contributed by atoms with van der Waals surface area (Å²) < 4.78 is 18.9. The molecule has 2 aromatic carbocycles. The zero-order valence-electron chi connectivity index (χ0n) is 9.77. The summed E-state index contributed by atoms with van der Waals surface area (Å²) in [7, 11) is 1.52. The van der Waals surface area contributed by atoms with Gasteiger partial charge in [-0.15, -0.1) is 0 Å². The molecule has 0 spiro atoms. The van der Waals surface area contributed by atoms with Crippen molar-refractivity contribution >= 4 is 10.9 Å². The van der Waals surface area contributed by atoms with E-state index < -0.39 is 0 Å². The van der Waals surface area contributed by atoms with Gasteiger partial charge in [-0.25, -0.2) is 4.39 Å². The molecule has 0 saturated carbocycles. The van der Waals surface area contributed by atoms with Crippen LogP contribution in [0.25, 0.3) is 22.0 Å². The predicted molar refractivity (Wildman–Crippen MR) is 68.0 cm³/mol. The van der Waals surface area contributed by atoms with E-state index in [1.54, 1.807) is 18.3 Å². The summed E-state index contributed by atoms with van der Waals surface area (Å²) in [5.41, 5.74) is 2.32. The maximum absolute atomic E-state index is 13.9. The lowest BCUT2D eigenvalue weighted by molar-refractivity contribution is 0.411. The lowest BCUT2D eigenvalue weighted by Crippen LogP contribution is -1.88. The number of H-pyrrole nitrogens is 1. The van der Waals surface area contributed by atoms with E-state index in [2.05, 4.69) is 10.2 Å². The molecule has 0 aliphatic rings. The third-order valence-corrected chi connectivity index (χ3v) is 2.93. The molecule has 4 heteroatoms. The Morgan fingerprint density at radius 3 is 2.83 bits per heavy atom. The van der Waals surface area contributed by atoms with Crippen molar-refractivity contribution in [2.45, 2.75) is 0 Å². The van der Waals surface area contributed by atoms with Gasteiger partial charge in [0, 0.05) is 17.0 Å². The maximum atomic E-state index is 13.9. The standard InChI is InChI=1S/C14H11FN2O/c1-18-11-3-4-12(13(15)7-11)9-2-5-14-10(6-9)8-16-17-14/h2-8H,1H3,(H,16,17). The lowest BCUT2D eigenvalue weighted by atomic mass is 10.0. The number of aromatic amines is 1. The highest BCUT2D eigenvalue weighted by Crippen LogP contribution is 2.28. The van der Waals surface area contributed by atoms with Crippen molar-refractivity contribution < 1.29 is 9.13 Å². The van der Waals surface area contributed by atoms with Crippen LogP contribution in [-0.2, 0) is 0 Å². The number of rotatable bonds is 2. The van der Waals surface area contributed by atoms with Crippen LogP contribution >= 0.6 is 0 Å². The van der Waals surface area contributed by atoms with Gasteiger partial charge < -0.3 is 4.74 Å². The molecule has 0 atom stereocenters. The van der Waals surface area contributed by atoms with Gasteiger partial charge in [-0.05, 0) is 29.8 Å². The molecule has 1 heterocycles. The number of methoxy groups -OCH3 is 1. The van der Waals surface area contributed by atoms with Crippen LogP contribution in [0.2, 0.25) is 0 Å². The van der Waals surface area contributed by atoms with Crippen molar-refractivity contribution in [2.24, 2.45) is 0 Å². The van der Waals surface area contributed by atoms with E-state index in [0.29, 0.717) is 11.3 Å². The first kappa shape index (κ1) is 10.8. The Balaban J connectivity index is 2.13. The summed E-state index contributed by atoms with van der Waals surface area (Å²) in [6.07, 6.45) is 1.72. The van der Waals surface area contributed by atoms with Gasteiger partial charge in [0.15, 0.2) is 0 Å². The average Bonchev–Trinajstić information content (AvgIpc) is 2.85. The van der Waals surface area contributed by atoms with Crippen molar-refractivity contribution in [3.05, 3.63) is 48.4 Å². The van der Waals surface area contributed by atoms with Gasteiger partial charge in [0.25, 0.3) is 0 Å². The molecule has 1 N–H and O–H groups in total. The number of hydrogen-bond donors (Lipinski definition) is 1.